The molecule has 0 spiro atoms. The van der Waals surface area contributed by atoms with Crippen LogP contribution in [0.2, 0.25) is 0 Å². The number of aromatic nitrogens is 2. The van der Waals surface area contributed by atoms with E-state index < -0.39 is 23.6 Å². The third kappa shape index (κ3) is 9.71. The van der Waals surface area contributed by atoms with Crippen LogP contribution in [0.1, 0.15) is 36.9 Å². The average molecular weight is 616 g/mol. The molecule has 1 aliphatic rings. The van der Waals surface area contributed by atoms with Crippen LogP contribution < -0.4 is 15.4 Å². The summed E-state index contributed by atoms with van der Waals surface area (Å²) in [6.07, 6.45) is 6.84. The molecule has 236 valence electrons. The second-order valence-electron chi connectivity index (χ2n) is 11.2. The number of hydrogen-bond acceptors (Lipinski definition) is 7. The largest absolute Gasteiger partial charge is 0.492 e. The molecule has 0 bridgehead atoms. The lowest BCUT2D eigenvalue weighted by Gasteiger charge is -2.25. The van der Waals surface area contributed by atoms with E-state index in [1.165, 1.54) is 5.56 Å². The Hall–Kier alpha value is -4.57. The third-order valence-electron chi connectivity index (χ3n) is 7.85. The minimum absolute atomic E-state index is 0.120. The number of pyridine rings is 2. The minimum atomic E-state index is -0.970. The number of aliphatic carboxylic acids is 1. The van der Waals surface area contributed by atoms with Crippen LogP contribution in [0.4, 0.5) is 20.4 Å². The first-order valence-corrected chi connectivity index (χ1v) is 15.5. The Morgan fingerprint density at radius 2 is 1.80 bits per heavy atom. The Bertz CT molecular complexity index is 1520. The van der Waals surface area contributed by atoms with Crippen molar-refractivity contribution in [3.05, 3.63) is 102 Å². The molecule has 10 heteroatoms. The Labute approximate surface area is 262 Å². The molecule has 45 heavy (non-hydrogen) atoms. The fourth-order valence-corrected chi connectivity index (χ4v) is 5.42. The van der Waals surface area contributed by atoms with Crippen molar-refractivity contribution < 1.29 is 23.4 Å². The topological polar surface area (TPSA) is 99.6 Å². The zero-order valence-corrected chi connectivity index (χ0v) is 25.2. The van der Waals surface area contributed by atoms with Gasteiger partial charge in [0.25, 0.3) is 0 Å². The summed E-state index contributed by atoms with van der Waals surface area (Å²) in [5.41, 5.74) is 4.29. The maximum absolute atomic E-state index is 13.6. The van der Waals surface area contributed by atoms with Crippen LogP contribution >= 0.6 is 0 Å². The molecule has 3 N–H and O–H groups in total. The van der Waals surface area contributed by atoms with Crippen molar-refractivity contribution in [2.45, 2.75) is 44.6 Å². The summed E-state index contributed by atoms with van der Waals surface area (Å²) in [4.78, 5) is 23.5. The van der Waals surface area contributed by atoms with Gasteiger partial charge in [0.15, 0.2) is 0 Å². The lowest BCUT2D eigenvalue weighted by molar-refractivity contribution is -0.138. The lowest BCUT2D eigenvalue weighted by Crippen LogP contribution is -2.37. The van der Waals surface area contributed by atoms with Gasteiger partial charge in [-0.25, -0.2) is 23.5 Å². The normalized spacial score (nSPS) is 13.1. The molecule has 0 amide bonds. The van der Waals surface area contributed by atoms with Crippen molar-refractivity contribution in [2.75, 3.05) is 43.4 Å². The standard InChI is InChI=1S/C35H39F2N5O3/c36-28-21-29(37)23-31(22-28)45-20-19-42(17-5-4-10-30-13-11-26-9-6-16-38-34(26)40-30)18-15-32(35(43)44)41-33-14-12-27(24-39-33)25-7-2-1-3-8-25/h1-3,7-8,11-14,21-24,32H,4-6,9-10,15-20H2,(H,38,40)(H,39,41)(H,43,44)/t32-/m0/s1. The first-order valence-electron chi connectivity index (χ1n) is 15.5. The van der Waals surface area contributed by atoms with E-state index >= 15 is 0 Å². The molecule has 5 rings (SSSR count). The molecule has 0 saturated heterocycles. The van der Waals surface area contributed by atoms with E-state index in [9.17, 15) is 18.7 Å². The molecule has 0 unspecified atom stereocenters. The molecule has 4 aromatic rings. The first-order chi connectivity index (χ1) is 21.9. The predicted molar refractivity (Wildman–Crippen MR) is 172 cm³/mol. The Kier molecular flexibility index (Phi) is 11.3. The second-order valence-corrected chi connectivity index (χ2v) is 11.2. The molecule has 0 radical (unpaired) electrons. The number of aryl methyl sites for hydroxylation is 2. The van der Waals surface area contributed by atoms with Crippen LogP contribution in [0.15, 0.2) is 79.0 Å². The van der Waals surface area contributed by atoms with Crippen LogP contribution in [-0.2, 0) is 17.6 Å². The van der Waals surface area contributed by atoms with Gasteiger partial charge in [0, 0.05) is 55.3 Å². The van der Waals surface area contributed by atoms with Crippen LogP contribution in [-0.4, -0.2) is 64.8 Å². The van der Waals surface area contributed by atoms with Crippen molar-refractivity contribution in [2.24, 2.45) is 0 Å². The van der Waals surface area contributed by atoms with E-state index in [-0.39, 0.29) is 12.4 Å². The highest BCUT2D eigenvalue weighted by Crippen LogP contribution is 2.22. The molecule has 8 nitrogen and oxygen atoms in total. The number of fused-ring (bicyclic) bond motifs is 1. The van der Waals surface area contributed by atoms with Crippen molar-refractivity contribution >= 4 is 17.6 Å². The van der Waals surface area contributed by atoms with Crippen LogP contribution in [0.3, 0.4) is 0 Å². The summed E-state index contributed by atoms with van der Waals surface area (Å²) in [6, 6.07) is 20.0. The molecule has 1 aliphatic heterocycles. The summed E-state index contributed by atoms with van der Waals surface area (Å²) >= 11 is 0. The van der Waals surface area contributed by atoms with E-state index in [1.54, 1.807) is 12.3 Å². The summed E-state index contributed by atoms with van der Waals surface area (Å²) < 4.78 is 32.9. The zero-order valence-electron chi connectivity index (χ0n) is 25.2. The number of ether oxygens (including phenoxy) is 1. The predicted octanol–water partition coefficient (Wildman–Crippen LogP) is 6.44. The summed E-state index contributed by atoms with van der Waals surface area (Å²) in [5, 5.41) is 16.4. The number of unbranched alkanes of at least 4 members (excludes halogenated alkanes) is 1. The van der Waals surface area contributed by atoms with Gasteiger partial charge in [-0.1, -0.05) is 36.4 Å². The highest BCUT2D eigenvalue weighted by Gasteiger charge is 2.20. The van der Waals surface area contributed by atoms with Gasteiger partial charge >= 0.3 is 5.97 Å². The van der Waals surface area contributed by atoms with Crippen LogP contribution in [0, 0.1) is 11.6 Å². The molecule has 0 fully saturated rings. The number of rotatable bonds is 16. The molecule has 0 aliphatic carbocycles. The molecule has 3 heterocycles. The Balaban J connectivity index is 1.16. The van der Waals surface area contributed by atoms with Gasteiger partial charge < -0.3 is 20.5 Å². The van der Waals surface area contributed by atoms with Crippen LogP contribution in [0.5, 0.6) is 5.75 Å². The second kappa shape index (κ2) is 15.9. The number of benzene rings is 2. The van der Waals surface area contributed by atoms with Crippen molar-refractivity contribution in [1.82, 2.24) is 14.9 Å². The van der Waals surface area contributed by atoms with Crippen LogP contribution in [0.25, 0.3) is 11.1 Å². The Morgan fingerprint density at radius 1 is 0.978 bits per heavy atom. The smallest absolute Gasteiger partial charge is 0.326 e. The van der Waals surface area contributed by atoms with E-state index in [2.05, 4.69) is 32.7 Å². The van der Waals surface area contributed by atoms with Gasteiger partial charge in [-0.15, -0.1) is 0 Å². The molecule has 2 aromatic carbocycles. The van der Waals surface area contributed by atoms with E-state index in [4.69, 9.17) is 9.72 Å². The number of carbonyl (C=O) groups is 1. The zero-order chi connectivity index (χ0) is 31.4. The molecule has 2 aromatic heterocycles. The number of nitrogens with zero attached hydrogens (tertiary/aromatic N) is 3. The van der Waals surface area contributed by atoms with E-state index in [0.717, 1.165) is 79.5 Å². The van der Waals surface area contributed by atoms with Gasteiger partial charge in [-0.2, -0.15) is 0 Å². The highest BCUT2D eigenvalue weighted by molar-refractivity contribution is 5.77. The number of nitrogens with one attached hydrogen (secondary N) is 2. The quantitative estimate of drug-likeness (QED) is 0.124. The molecule has 1 atom stereocenters. The van der Waals surface area contributed by atoms with Gasteiger partial charge in [0.05, 0.1) is 0 Å². The number of halogens is 2. The van der Waals surface area contributed by atoms with Crippen molar-refractivity contribution in [1.29, 1.82) is 0 Å². The fourth-order valence-electron chi connectivity index (χ4n) is 5.42. The maximum Gasteiger partial charge on any atom is 0.326 e. The number of anilines is 2. The SMILES string of the molecule is O=C(O)[C@H](CCN(CCCCc1ccc2c(n1)NCCC2)CCOc1cc(F)cc(F)c1)Nc1ccc(-c2ccccc2)cn1. The summed E-state index contributed by atoms with van der Waals surface area (Å²) in [5.74, 6) is -0.778. The van der Waals surface area contributed by atoms with Crippen molar-refractivity contribution in [3.8, 4) is 16.9 Å². The number of hydrogen-bond donors (Lipinski definition) is 3. The maximum atomic E-state index is 13.6. The average Bonchev–Trinajstić information content (AvgIpc) is 3.04. The summed E-state index contributed by atoms with van der Waals surface area (Å²) in [6.45, 7) is 2.81. The third-order valence-corrected chi connectivity index (χ3v) is 7.85. The van der Waals surface area contributed by atoms with Gasteiger partial charge in [0.2, 0.25) is 0 Å². The number of carboxylic acids is 1. The van der Waals surface area contributed by atoms with Crippen molar-refractivity contribution in [3.63, 3.8) is 0 Å². The van der Waals surface area contributed by atoms with E-state index in [0.29, 0.717) is 31.9 Å². The van der Waals surface area contributed by atoms with Gasteiger partial charge in [-0.05, 0) is 74.4 Å². The molecule has 0 saturated carbocycles. The minimum Gasteiger partial charge on any atom is -0.492 e. The van der Waals surface area contributed by atoms with E-state index in [1.807, 2.05) is 36.4 Å². The molecular formula is C35H39F2N5O3. The van der Waals surface area contributed by atoms with Gasteiger partial charge in [0.1, 0.15) is 41.7 Å². The lowest BCUT2D eigenvalue weighted by atomic mass is 10.1. The number of carboxylic acid groups (broad SMARTS) is 1. The fraction of sp³-hybridized carbons (Fsp3) is 0.343. The molecular weight excluding hydrogens is 576 g/mol. The highest BCUT2D eigenvalue weighted by atomic mass is 19.1. The van der Waals surface area contributed by atoms with Gasteiger partial charge in [-0.3, -0.25) is 4.90 Å². The monoisotopic (exact) mass is 615 g/mol. The first kappa shape index (κ1) is 31.8. The Morgan fingerprint density at radius 3 is 2.56 bits per heavy atom. The summed E-state index contributed by atoms with van der Waals surface area (Å²) in [7, 11) is 0.